The second-order valence-corrected chi connectivity index (χ2v) is 8.80. The zero-order valence-electron chi connectivity index (χ0n) is 18.5. The van der Waals surface area contributed by atoms with Crippen molar-refractivity contribution in [3.05, 3.63) is 71.0 Å². The van der Waals surface area contributed by atoms with E-state index in [1.165, 1.54) is 18.2 Å². The molecule has 1 fully saturated rings. The van der Waals surface area contributed by atoms with Crippen molar-refractivity contribution < 1.29 is 23.4 Å². The van der Waals surface area contributed by atoms with E-state index in [0.717, 1.165) is 5.56 Å². The molecule has 6 nitrogen and oxygen atoms in total. The molecule has 1 aliphatic rings. The van der Waals surface area contributed by atoms with Gasteiger partial charge in [0.2, 0.25) is 0 Å². The molecule has 2 heterocycles. The smallest absolute Gasteiger partial charge is 0.282 e. The molecule has 0 saturated carbocycles. The molecule has 0 radical (unpaired) electrons. The average Bonchev–Trinajstić information content (AvgIpc) is 3.22. The third-order valence-corrected chi connectivity index (χ3v) is 6.12. The summed E-state index contributed by atoms with van der Waals surface area (Å²) in [5.74, 6) is 0.266. The molecule has 174 valence electrons. The molecule has 3 aromatic rings. The van der Waals surface area contributed by atoms with Crippen LogP contribution in [0.25, 0.3) is 11.3 Å². The number of furan rings is 1. The van der Waals surface area contributed by atoms with Gasteiger partial charge in [-0.05, 0) is 55.8 Å². The van der Waals surface area contributed by atoms with E-state index in [-0.39, 0.29) is 36.4 Å². The van der Waals surface area contributed by atoms with Gasteiger partial charge in [-0.1, -0.05) is 23.7 Å². The van der Waals surface area contributed by atoms with E-state index in [1.54, 1.807) is 36.4 Å². The van der Waals surface area contributed by atoms with E-state index < -0.39 is 0 Å². The SMILES string of the molecule is CC1CN(C(=O)COc2ccc(Cl)cc2-c2ccc(O)o2)C(C)CN1Cc1ccc(F)cc1. The molecule has 1 saturated heterocycles. The first-order chi connectivity index (χ1) is 15.8. The highest BCUT2D eigenvalue weighted by Crippen LogP contribution is 2.35. The van der Waals surface area contributed by atoms with E-state index in [2.05, 4.69) is 11.8 Å². The first-order valence-electron chi connectivity index (χ1n) is 10.8. The number of carbonyl (C=O) groups is 1. The van der Waals surface area contributed by atoms with Crippen LogP contribution < -0.4 is 4.74 Å². The first kappa shape index (κ1) is 23.1. The molecule has 8 heteroatoms. The van der Waals surface area contributed by atoms with E-state index >= 15 is 0 Å². The molecule has 0 spiro atoms. The Balaban J connectivity index is 1.39. The Morgan fingerprint density at radius 1 is 1.12 bits per heavy atom. The second-order valence-electron chi connectivity index (χ2n) is 8.37. The Morgan fingerprint density at radius 2 is 1.88 bits per heavy atom. The summed E-state index contributed by atoms with van der Waals surface area (Å²) in [5.41, 5.74) is 1.60. The van der Waals surface area contributed by atoms with Crippen LogP contribution >= 0.6 is 11.6 Å². The lowest BCUT2D eigenvalue weighted by atomic mass is 10.1. The number of amides is 1. The Kier molecular flexibility index (Phi) is 6.91. The Labute approximate surface area is 197 Å². The summed E-state index contributed by atoms with van der Waals surface area (Å²) in [6.07, 6.45) is 0. The molecule has 33 heavy (non-hydrogen) atoms. The van der Waals surface area contributed by atoms with Gasteiger partial charge in [-0.3, -0.25) is 9.69 Å². The lowest BCUT2D eigenvalue weighted by molar-refractivity contribution is -0.139. The van der Waals surface area contributed by atoms with Crippen LogP contribution in [-0.2, 0) is 11.3 Å². The predicted molar refractivity (Wildman–Crippen MR) is 124 cm³/mol. The van der Waals surface area contributed by atoms with Gasteiger partial charge in [-0.25, -0.2) is 4.39 Å². The topological polar surface area (TPSA) is 66.2 Å². The third-order valence-electron chi connectivity index (χ3n) is 5.88. The second kappa shape index (κ2) is 9.85. The van der Waals surface area contributed by atoms with Gasteiger partial charge < -0.3 is 19.2 Å². The fourth-order valence-electron chi connectivity index (χ4n) is 4.11. The number of nitrogens with zero attached hydrogens (tertiary/aromatic N) is 2. The maximum Gasteiger partial charge on any atom is 0.282 e. The molecule has 2 aromatic carbocycles. The lowest BCUT2D eigenvalue weighted by Gasteiger charge is -2.44. The Morgan fingerprint density at radius 3 is 2.58 bits per heavy atom. The fourth-order valence-corrected chi connectivity index (χ4v) is 4.28. The van der Waals surface area contributed by atoms with Crippen molar-refractivity contribution in [2.75, 3.05) is 19.7 Å². The molecule has 2 unspecified atom stereocenters. The molecule has 1 N–H and O–H groups in total. The minimum Gasteiger partial charge on any atom is -0.483 e. The van der Waals surface area contributed by atoms with Crippen LogP contribution in [-0.4, -0.2) is 52.6 Å². The van der Waals surface area contributed by atoms with E-state index in [0.29, 0.717) is 41.7 Å². The molecular weight excluding hydrogens is 447 g/mol. The summed E-state index contributed by atoms with van der Waals surface area (Å²) in [6.45, 7) is 5.95. The molecule has 4 rings (SSSR count). The van der Waals surface area contributed by atoms with Crippen LogP contribution in [0.4, 0.5) is 4.39 Å². The van der Waals surface area contributed by atoms with Gasteiger partial charge in [-0.2, -0.15) is 0 Å². The number of ether oxygens (including phenoxy) is 1. The number of benzene rings is 2. The van der Waals surface area contributed by atoms with Crippen molar-refractivity contribution in [1.82, 2.24) is 9.80 Å². The third kappa shape index (κ3) is 5.49. The Bertz CT molecular complexity index is 1120. The normalized spacial score (nSPS) is 19.0. The van der Waals surface area contributed by atoms with Crippen molar-refractivity contribution in [3.63, 3.8) is 0 Å². The minimum atomic E-state index is -0.247. The fraction of sp³-hybridized carbons (Fsp3) is 0.320. The quantitative estimate of drug-likeness (QED) is 0.550. The van der Waals surface area contributed by atoms with Gasteiger partial charge >= 0.3 is 0 Å². The molecule has 1 amide bonds. The highest BCUT2D eigenvalue weighted by Gasteiger charge is 2.32. The van der Waals surface area contributed by atoms with Crippen LogP contribution in [0, 0.1) is 5.82 Å². The molecule has 0 aliphatic carbocycles. The maximum atomic E-state index is 13.2. The summed E-state index contributed by atoms with van der Waals surface area (Å²) in [7, 11) is 0. The van der Waals surface area contributed by atoms with Crippen LogP contribution in [0.15, 0.2) is 59.0 Å². The average molecular weight is 473 g/mol. The van der Waals surface area contributed by atoms with Crippen LogP contribution in [0.2, 0.25) is 5.02 Å². The van der Waals surface area contributed by atoms with Gasteiger partial charge in [0.15, 0.2) is 6.61 Å². The monoisotopic (exact) mass is 472 g/mol. The van der Waals surface area contributed by atoms with Gasteiger partial charge in [0.05, 0.1) is 5.56 Å². The number of hydrogen-bond donors (Lipinski definition) is 1. The van der Waals surface area contributed by atoms with E-state index in [4.69, 9.17) is 20.8 Å². The zero-order valence-corrected chi connectivity index (χ0v) is 19.3. The number of aromatic hydroxyl groups is 1. The van der Waals surface area contributed by atoms with Gasteiger partial charge in [0.1, 0.15) is 17.3 Å². The highest BCUT2D eigenvalue weighted by molar-refractivity contribution is 6.30. The van der Waals surface area contributed by atoms with E-state index in [9.17, 15) is 14.3 Å². The van der Waals surface area contributed by atoms with Crippen LogP contribution in [0.5, 0.6) is 11.7 Å². The van der Waals surface area contributed by atoms with Gasteiger partial charge in [0.25, 0.3) is 11.9 Å². The van der Waals surface area contributed by atoms with Crippen molar-refractivity contribution in [2.45, 2.75) is 32.5 Å². The van der Waals surface area contributed by atoms with Gasteiger partial charge in [0, 0.05) is 42.8 Å². The van der Waals surface area contributed by atoms with Crippen molar-refractivity contribution >= 4 is 17.5 Å². The minimum absolute atomic E-state index is 0.00413. The predicted octanol–water partition coefficient (Wildman–Crippen LogP) is 4.94. The molecule has 0 bridgehead atoms. The van der Waals surface area contributed by atoms with Crippen molar-refractivity contribution in [1.29, 1.82) is 0 Å². The van der Waals surface area contributed by atoms with Crippen molar-refractivity contribution in [3.8, 4) is 23.0 Å². The zero-order chi connectivity index (χ0) is 23.5. The molecule has 2 atom stereocenters. The summed E-state index contributed by atoms with van der Waals surface area (Å²) in [5, 5.41) is 10.0. The van der Waals surface area contributed by atoms with Crippen molar-refractivity contribution in [2.24, 2.45) is 0 Å². The molecular formula is C25H26ClFN2O4. The summed E-state index contributed by atoms with van der Waals surface area (Å²) in [6, 6.07) is 14.7. The molecule has 1 aromatic heterocycles. The maximum absolute atomic E-state index is 13.2. The summed E-state index contributed by atoms with van der Waals surface area (Å²) in [4.78, 5) is 17.1. The Hall–Kier alpha value is -3.03. The lowest BCUT2D eigenvalue weighted by Crippen LogP contribution is -2.58. The van der Waals surface area contributed by atoms with E-state index in [1.807, 2.05) is 11.8 Å². The van der Waals surface area contributed by atoms with Crippen LogP contribution in [0.1, 0.15) is 19.4 Å². The summed E-state index contributed by atoms with van der Waals surface area (Å²) < 4.78 is 24.3. The standard InChI is InChI=1S/C25H26ClFN2O4/c1-16-13-29(17(2)12-28(16)14-18-3-6-20(27)7-4-18)24(30)15-32-22-8-5-19(26)11-21(22)23-9-10-25(31)33-23/h3-11,16-17,31H,12-15H2,1-2H3. The largest absolute Gasteiger partial charge is 0.483 e. The van der Waals surface area contributed by atoms with Gasteiger partial charge in [-0.15, -0.1) is 0 Å². The van der Waals surface area contributed by atoms with Crippen LogP contribution in [0.3, 0.4) is 0 Å². The molecule has 1 aliphatic heterocycles. The number of carbonyl (C=O) groups excluding carboxylic acids is 1. The number of halogens is 2. The highest BCUT2D eigenvalue weighted by atomic mass is 35.5. The number of hydrogen-bond acceptors (Lipinski definition) is 5. The summed E-state index contributed by atoms with van der Waals surface area (Å²) >= 11 is 6.11. The number of piperazine rings is 1. The number of rotatable bonds is 6. The first-order valence-corrected chi connectivity index (χ1v) is 11.2.